The summed E-state index contributed by atoms with van der Waals surface area (Å²) in [4.78, 5) is 0. The monoisotopic (exact) mass is 339 g/mol. The molecule has 0 heterocycles. The van der Waals surface area contributed by atoms with Crippen molar-refractivity contribution in [1.82, 2.24) is 5.32 Å². The number of hydrogen-bond donors (Lipinski definition) is 1. The van der Waals surface area contributed by atoms with Gasteiger partial charge in [-0.15, -0.1) is 0 Å². The van der Waals surface area contributed by atoms with Crippen molar-refractivity contribution in [2.24, 2.45) is 0 Å². The molecule has 1 atom stereocenters. The first-order valence-corrected chi connectivity index (χ1v) is 7.23. The summed E-state index contributed by atoms with van der Waals surface area (Å²) < 4.78 is 27.3. The third kappa shape index (κ3) is 3.87. The first-order valence-electron chi connectivity index (χ1n) is 6.44. The van der Waals surface area contributed by atoms with Gasteiger partial charge in [-0.05, 0) is 48.9 Å². The van der Waals surface area contributed by atoms with Crippen LogP contribution in [0.5, 0.6) is 0 Å². The van der Waals surface area contributed by atoms with Gasteiger partial charge in [-0.3, -0.25) is 0 Å². The number of benzene rings is 2. The zero-order valence-corrected chi connectivity index (χ0v) is 12.8. The van der Waals surface area contributed by atoms with E-state index in [4.69, 9.17) is 0 Å². The average molecular weight is 340 g/mol. The van der Waals surface area contributed by atoms with E-state index in [0.717, 1.165) is 16.6 Å². The smallest absolute Gasteiger partial charge is 0.159 e. The van der Waals surface area contributed by atoms with Crippen LogP contribution in [0.15, 0.2) is 46.9 Å². The highest BCUT2D eigenvalue weighted by Crippen LogP contribution is 2.23. The summed E-state index contributed by atoms with van der Waals surface area (Å²) in [5.74, 6) is -1.37. The highest BCUT2D eigenvalue weighted by atomic mass is 79.9. The van der Waals surface area contributed by atoms with Gasteiger partial charge in [0.1, 0.15) is 0 Å². The molecular weight excluding hydrogens is 324 g/mol. The summed E-state index contributed by atoms with van der Waals surface area (Å²) in [6, 6.07) is 12.2. The maximum absolute atomic E-state index is 13.3. The molecule has 0 saturated carbocycles. The molecule has 0 bridgehead atoms. The topological polar surface area (TPSA) is 12.0 Å². The van der Waals surface area contributed by atoms with Crippen molar-refractivity contribution >= 4 is 15.9 Å². The molecule has 0 saturated heterocycles. The molecule has 2 rings (SSSR count). The fourth-order valence-corrected chi connectivity index (χ4v) is 2.50. The molecule has 1 nitrogen and oxygen atoms in total. The molecule has 0 aliphatic carbocycles. The highest BCUT2D eigenvalue weighted by molar-refractivity contribution is 9.10. The van der Waals surface area contributed by atoms with Gasteiger partial charge in [-0.1, -0.05) is 34.1 Å². The molecule has 0 radical (unpaired) electrons. The maximum atomic E-state index is 13.3. The standard InChI is InChI=1S/C16H16BrF2N/c1-20-10-13(12-3-5-14(17)6-4-12)8-11-2-7-15(18)16(19)9-11/h2-7,9,13,20H,8,10H2,1H3. The molecule has 0 amide bonds. The van der Waals surface area contributed by atoms with Gasteiger partial charge in [0, 0.05) is 16.9 Å². The minimum absolute atomic E-state index is 0.220. The van der Waals surface area contributed by atoms with E-state index in [1.54, 1.807) is 6.07 Å². The van der Waals surface area contributed by atoms with Crippen molar-refractivity contribution < 1.29 is 8.78 Å². The molecule has 2 aromatic rings. The van der Waals surface area contributed by atoms with Gasteiger partial charge in [0.15, 0.2) is 11.6 Å². The number of halogens is 3. The van der Waals surface area contributed by atoms with Gasteiger partial charge < -0.3 is 5.32 Å². The van der Waals surface area contributed by atoms with Crippen LogP contribution in [0, 0.1) is 11.6 Å². The number of nitrogens with one attached hydrogen (secondary N) is 1. The van der Waals surface area contributed by atoms with E-state index in [1.807, 2.05) is 31.3 Å². The predicted molar refractivity (Wildman–Crippen MR) is 80.9 cm³/mol. The average Bonchev–Trinajstić information content (AvgIpc) is 2.43. The Morgan fingerprint density at radius 3 is 2.35 bits per heavy atom. The largest absolute Gasteiger partial charge is 0.319 e. The number of hydrogen-bond acceptors (Lipinski definition) is 1. The summed E-state index contributed by atoms with van der Waals surface area (Å²) in [6.07, 6.45) is 0.666. The second kappa shape index (κ2) is 6.95. The van der Waals surface area contributed by atoms with E-state index in [2.05, 4.69) is 21.2 Å². The summed E-state index contributed by atoms with van der Waals surface area (Å²) in [5, 5.41) is 3.15. The molecule has 4 heteroatoms. The van der Waals surface area contributed by atoms with Gasteiger partial charge in [-0.2, -0.15) is 0 Å². The molecule has 0 fully saturated rings. The normalized spacial score (nSPS) is 12.4. The molecule has 1 N–H and O–H groups in total. The van der Waals surface area contributed by atoms with Crippen molar-refractivity contribution in [1.29, 1.82) is 0 Å². The van der Waals surface area contributed by atoms with Gasteiger partial charge in [0.25, 0.3) is 0 Å². The molecule has 0 spiro atoms. The minimum Gasteiger partial charge on any atom is -0.319 e. The molecule has 0 aromatic heterocycles. The van der Waals surface area contributed by atoms with Crippen LogP contribution in [-0.4, -0.2) is 13.6 Å². The Kier molecular flexibility index (Phi) is 5.26. The van der Waals surface area contributed by atoms with Crippen LogP contribution in [-0.2, 0) is 6.42 Å². The third-order valence-corrected chi connectivity index (χ3v) is 3.79. The molecule has 1 unspecified atom stereocenters. The van der Waals surface area contributed by atoms with Crippen molar-refractivity contribution in [3.05, 3.63) is 69.7 Å². The Morgan fingerprint density at radius 1 is 1.05 bits per heavy atom. The quantitative estimate of drug-likeness (QED) is 0.857. The van der Waals surface area contributed by atoms with Crippen molar-refractivity contribution in [3.8, 4) is 0 Å². The van der Waals surface area contributed by atoms with Crippen molar-refractivity contribution in [3.63, 3.8) is 0 Å². The van der Waals surface area contributed by atoms with Crippen molar-refractivity contribution in [2.45, 2.75) is 12.3 Å². The van der Waals surface area contributed by atoms with E-state index in [-0.39, 0.29) is 5.92 Å². The lowest BCUT2D eigenvalue weighted by Crippen LogP contribution is -2.19. The van der Waals surface area contributed by atoms with Crippen LogP contribution in [0.3, 0.4) is 0 Å². The molecule has 0 aliphatic rings. The molecule has 106 valence electrons. The van der Waals surface area contributed by atoms with Crippen LogP contribution in [0.1, 0.15) is 17.0 Å². The SMILES string of the molecule is CNCC(Cc1ccc(F)c(F)c1)c1ccc(Br)cc1. The summed E-state index contributed by atoms with van der Waals surface area (Å²) in [6.45, 7) is 0.778. The molecule has 0 aliphatic heterocycles. The Hall–Kier alpha value is -1.26. The van der Waals surface area contributed by atoms with Gasteiger partial charge in [0.05, 0.1) is 0 Å². The first kappa shape index (κ1) is 15.1. The summed E-state index contributed by atoms with van der Waals surface area (Å²) >= 11 is 3.41. The fourth-order valence-electron chi connectivity index (χ4n) is 2.24. The van der Waals surface area contributed by atoms with Crippen LogP contribution < -0.4 is 5.32 Å². The Bertz CT molecular complexity index is 569. The lowest BCUT2D eigenvalue weighted by atomic mass is 9.92. The van der Waals surface area contributed by atoms with Gasteiger partial charge in [-0.25, -0.2) is 8.78 Å². The predicted octanol–water partition coefficient (Wildman–Crippen LogP) is 4.27. The zero-order valence-electron chi connectivity index (χ0n) is 11.2. The van der Waals surface area contributed by atoms with E-state index in [9.17, 15) is 8.78 Å². The minimum atomic E-state index is -0.803. The zero-order chi connectivity index (χ0) is 14.5. The second-order valence-electron chi connectivity index (χ2n) is 4.76. The summed E-state index contributed by atoms with van der Waals surface area (Å²) in [5.41, 5.74) is 1.97. The molecule has 2 aromatic carbocycles. The number of likely N-dealkylation sites (N-methyl/N-ethyl adjacent to an activating group) is 1. The van der Waals surface area contributed by atoms with Crippen LogP contribution in [0.4, 0.5) is 8.78 Å². The van der Waals surface area contributed by atoms with E-state index < -0.39 is 11.6 Å². The first-order chi connectivity index (χ1) is 9.60. The fraction of sp³-hybridized carbons (Fsp3) is 0.250. The van der Waals surface area contributed by atoms with Crippen LogP contribution in [0.2, 0.25) is 0 Å². The van der Waals surface area contributed by atoms with Crippen molar-refractivity contribution in [2.75, 3.05) is 13.6 Å². The number of rotatable bonds is 5. The Labute approximate surface area is 126 Å². The van der Waals surface area contributed by atoms with E-state index in [1.165, 1.54) is 17.7 Å². The molecular formula is C16H16BrF2N. The van der Waals surface area contributed by atoms with Gasteiger partial charge in [0.2, 0.25) is 0 Å². The lowest BCUT2D eigenvalue weighted by Gasteiger charge is -2.17. The lowest BCUT2D eigenvalue weighted by molar-refractivity contribution is 0.505. The Balaban J connectivity index is 2.20. The van der Waals surface area contributed by atoms with Gasteiger partial charge >= 0.3 is 0 Å². The second-order valence-corrected chi connectivity index (χ2v) is 5.67. The maximum Gasteiger partial charge on any atom is 0.159 e. The summed E-state index contributed by atoms with van der Waals surface area (Å²) in [7, 11) is 1.89. The van der Waals surface area contributed by atoms with E-state index in [0.29, 0.717) is 6.42 Å². The third-order valence-electron chi connectivity index (χ3n) is 3.26. The van der Waals surface area contributed by atoms with Crippen LogP contribution >= 0.6 is 15.9 Å². The highest BCUT2D eigenvalue weighted by Gasteiger charge is 2.13. The Morgan fingerprint density at radius 2 is 1.75 bits per heavy atom. The van der Waals surface area contributed by atoms with E-state index >= 15 is 0 Å². The van der Waals surface area contributed by atoms with Crippen LogP contribution in [0.25, 0.3) is 0 Å². The molecule has 20 heavy (non-hydrogen) atoms.